The molecule has 24 nitrogen and oxygen atoms in total. The van der Waals surface area contributed by atoms with Crippen LogP contribution >= 0.6 is 24.6 Å². The lowest BCUT2D eigenvalue weighted by atomic mass is 10.1. The van der Waals surface area contributed by atoms with E-state index >= 15 is 0 Å². The summed E-state index contributed by atoms with van der Waals surface area (Å²) in [6.45, 7) is -0.732. The predicted molar refractivity (Wildman–Crippen MR) is 192 cm³/mol. The molecule has 0 aliphatic heterocycles. The fraction of sp³-hybridized carbons (Fsp3) is 0.154. The van der Waals surface area contributed by atoms with Gasteiger partial charge < -0.3 is 10.8 Å². The van der Waals surface area contributed by atoms with Crippen molar-refractivity contribution >= 4 is 104 Å². The van der Waals surface area contributed by atoms with Crippen molar-refractivity contribution in [3.8, 4) is 5.75 Å². The van der Waals surface area contributed by atoms with E-state index in [4.69, 9.17) is 24.6 Å². The highest BCUT2D eigenvalue weighted by atomic mass is 32.2. The number of anilines is 1. The Hall–Kier alpha value is -3.96. The van der Waals surface area contributed by atoms with Crippen molar-refractivity contribution in [1.29, 1.82) is 0 Å². The average molecular weight is 904 g/mol. The second-order valence-corrected chi connectivity index (χ2v) is 18.4. The molecule has 0 saturated carbocycles. The van der Waals surface area contributed by atoms with Gasteiger partial charge in [0.2, 0.25) is 0 Å². The maximum Gasteiger partial charge on any atom is 0.296 e. The summed E-state index contributed by atoms with van der Waals surface area (Å²) in [5.41, 5.74) is 3.73. The van der Waals surface area contributed by atoms with Crippen molar-refractivity contribution in [2.45, 2.75) is 19.6 Å². The largest absolute Gasteiger partial charge is 0.505 e. The third-order valence-electron chi connectivity index (χ3n) is 6.88. The van der Waals surface area contributed by atoms with E-state index in [2.05, 4.69) is 39.2 Å². The zero-order chi connectivity index (χ0) is 41.3. The highest BCUT2D eigenvalue weighted by Gasteiger charge is 2.28. The molecule has 0 aliphatic carbocycles. The first-order valence-corrected chi connectivity index (χ1v) is 21.9. The van der Waals surface area contributed by atoms with E-state index in [-0.39, 0.29) is 59.0 Å². The van der Waals surface area contributed by atoms with E-state index in [1.54, 1.807) is 0 Å². The first-order valence-electron chi connectivity index (χ1n) is 14.4. The van der Waals surface area contributed by atoms with Gasteiger partial charge in [-0.1, -0.05) is 10.1 Å². The van der Waals surface area contributed by atoms with Crippen molar-refractivity contribution in [2.75, 3.05) is 30.5 Å². The van der Waals surface area contributed by atoms with Crippen molar-refractivity contribution in [1.82, 2.24) is 0 Å². The third-order valence-corrected chi connectivity index (χ3v) is 12.8. The molecule has 4 rings (SSSR count). The highest BCUT2D eigenvalue weighted by Crippen LogP contribution is 2.48. The normalized spacial score (nSPS) is 13.0. The lowest BCUT2D eigenvalue weighted by Crippen LogP contribution is -2.10. The first kappa shape index (κ1) is 44.8. The summed E-state index contributed by atoms with van der Waals surface area (Å²) >= 11 is 0.360. The molecule has 0 fully saturated rings. The smallest absolute Gasteiger partial charge is 0.296 e. The molecule has 0 aromatic heterocycles. The number of phenols is 1. The van der Waals surface area contributed by atoms with Crippen LogP contribution < -0.4 is 5.73 Å². The van der Waals surface area contributed by atoms with E-state index in [0.29, 0.717) is 12.1 Å². The van der Waals surface area contributed by atoms with Crippen LogP contribution in [-0.2, 0) is 67.0 Å². The Bertz CT molecular complexity index is 2380. The van der Waals surface area contributed by atoms with Gasteiger partial charge in [-0.15, -0.1) is 18.9 Å². The van der Waals surface area contributed by atoms with E-state index in [1.807, 2.05) is 0 Å². The van der Waals surface area contributed by atoms with E-state index < -0.39 is 94.8 Å². The minimum atomic E-state index is -5.24. The second kappa shape index (κ2) is 19.0. The van der Waals surface area contributed by atoms with Crippen molar-refractivity contribution in [3.05, 3.63) is 60.7 Å². The fourth-order valence-corrected chi connectivity index (χ4v) is 8.56. The van der Waals surface area contributed by atoms with Crippen LogP contribution in [0, 0.1) is 0 Å². The Balaban J connectivity index is 1.71. The maximum absolute atomic E-state index is 12.6. The number of nitrogens with two attached hydrogens (primary N) is 1. The SMILES string of the molecule is Nc1c(N=Nc2ccc(S(=O)(=O)CCOSOOO)cc2)c(S(=O)(=O)O)cc2cc(S(=O)(=O)O)c(N=Nc3ccc(S(=O)(=O)CCOSOOO)cc3)c(O)c12. The molecule has 4 aromatic rings. The van der Waals surface area contributed by atoms with Crippen molar-refractivity contribution < 1.29 is 85.5 Å². The van der Waals surface area contributed by atoms with E-state index in [0.717, 1.165) is 36.4 Å². The summed E-state index contributed by atoms with van der Waals surface area (Å²) in [4.78, 5) is -2.47. The number of sulfone groups is 2. The van der Waals surface area contributed by atoms with Crippen LogP contribution in [0.25, 0.3) is 10.8 Å². The van der Waals surface area contributed by atoms with Crippen LogP contribution in [0.15, 0.2) is 101 Å². The summed E-state index contributed by atoms with van der Waals surface area (Å²) in [5.74, 6) is -2.09. The van der Waals surface area contributed by atoms with E-state index in [1.165, 1.54) is 12.1 Å². The molecular weight excluding hydrogens is 879 g/mol. The zero-order valence-corrected chi connectivity index (χ0v) is 32.3. The Kier molecular flexibility index (Phi) is 15.2. The topological polar surface area (TPSA) is 369 Å². The molecule has 0 spiro atoms. The van der Waals surface area contributed by atoms with Gasteiger partial charge in [0.05, 0.1) is 57.0 Å². The molecule has 4 aromatic carbocycles. The van der Waals surface area contributed by atoms with Gasteiger partial charge in [-0.2, -0.15) is 27.1 Å². The van der Waals surface area contributed by atoms with Gasteiger partial charge in [0.25, 0.3) is 20.2 Å². The molecule has 0 bridgehead atoms. The average Bonchev–Trinajstić information content (AvgIpc) is 3.13. The predicted octanol–water partition coefficient (Wildman–Crippen LogP) is 5.00. The van der Waals surface area contributed by atoms with Gasteiger partial charge in [0.15, 0.2) is 50.1 Å². The molecule has 0 amide bonds. The second-order valence-electron chi connectivity index (χ2n) is 10.3. The molecule has 0 atom stereocenters. The van der Waals surface area contributed by atoms with Gasteiger partial charge >= 0.3 is 0 Å². The maximum atomic E-state index is 12.6. The lowest BCUT2D eigenvalue weighted by Gasteiger charge is -2.14. The number of hydrogen-bond donors (Lipinski definition) is 6. The lowest BCUT2D eigenvalue weighted by molar-refractivity contribution is -0.434. The van der Waals surface area contributed by atoms with E-state index in [9.17, 15) is 47.9 Å². The standard InChI is InChI=1S/C26H25N5O19S6/c27-23-22-15(13-20(55(39,40)41)24(23)30-28-16-1-5-18(6-2-16)53(35,36)11-9-45-51-49-47-33)14-21(56(42,43)44)25(26(22)32)31-29-17-3-7-19(8-4-17)54(37,38)12-10-46-52-50-48-34/h1-8,13-14,32-34H,9-12,27H2,(H,39,40,41)(H,42,43,44). The van der Waals surface area contributed by atoms with Crippen LogP contribution in [0.3, 0.4) is 0 Å². The summed E-state index contributed by atoms with van der Waals surface area (Å²) in [6.07, 6.45) is 0. The number of nitrogens with zero attached hydrogens (tertiary/aromatic N) is 4. The summed E-state index contributed by atoms with van der Waals surface area (Å²) in [6, 6.07) is 10.5. The molecule has 30 heteroatoms. The molecule has 7 N–H and O–H groups in total. The third kappa shape index (κ3) is 11.6. The summed E-state index contributed by atoms with van der Waals surface area (Å²) in [5, 5.41) is 48.2. The van der Waals surface area contributed by atoms with Crippen LogP contribution in [0.5, 0.6) is 5.75 Å². The van der Waals surface area contributed by atoms with Crippen LogP contribution in [-0.4, -0.2) is 83.1 Å². The van der Waals surface area contributed by atoms with Crippen molar-refractivity contribution in [3.63, 3.8) is 0 Å². The summed E-state index contributed by atoms with van der Waals surface area (Å²) in [7, 11) is -18.2. The number of nitrogen functional groups attached to an aromatic ring is 1. The van der Waals surface area contributed by atoms with Gasteiger partial charge in [-0.25, -0.2) is 27.4 Å². The van der Waals surface area contributed by atoms with Crippen LogP contribution in [0.2, 0.25) is 0 Å². The molecule has 0 saturated heterocycles. The van der Waals surface area contributed by atoms with Crippen molar-refractivity contribution in [2.24, 2.45) is 20.5 Å². The monoisotopic (exact) mass is 903 g/mol. The highest BCUT2D eigenvalue weighted by molar-refractivity contribution is 7.92. The quantitative estimate of drug-likeness (QED) is 0.0129. The molecule has 304 valence electrons. The summed E-state index contributed by atoms with van der Waals surface area (Å²) < 4.78 is 137. The Labute approximate surface area is 324 Å². The molecule has 0 heterocycles. The Morgan fingerprint density at radius 1 is 0.607 bits per heavy atom. The minimum Gasteiger partial charge on any atom is -0.505 e. The number of aromatic hydroxyl groups is 1. The number of rotatable bonds is 20. The fourth-order valence-electron chi connectivity index (χ4n) is 4.42. The minimum absolute atomic E-state index is 0.0561. The molecule has 0 unspecified atom stereocenters. The van der Waals surface area contributed by atoms with Gasteiger partial charge in [-0.3, -0.25) is 17.5 Å². The molecule has 56 heavy (non-hydrogen) atoms. The van der Waals surface area contributed by atoms with Gasteiger partial charge in [0.1, 0.15) is 21.2 Å². The zero-order valence-electron chi connectivity index (χ0n) is 27.4. The number of fused-ring (bicyclic) bond motifs is 1. The van der Waals surface area contributed by atoms with Gasteiger partial charge in [-0.05, 0) is 66.0 Å². The van der Waals surface area contributed by atoms with Crippen LogP contribution in [0.4, 0.5) is 28.4 Å². The number of phenolic OH excluding ortho intramolecular Hbond substituents is 1. The first-order chi connectivity index (χ1) is 26.3. The number of azo groups is 2. The number of benzene rings is 4. The van der Waals surface area contributed by atoms with Gasteiger partial charge in [0, 0.05) is 0 Å². The van der Waals surface area contributed by atoms with Crippen LogP contribution in [0.1, 0.15) is 0 Å². The Morgan fingerprint density at radius 3 is 1.39 bits per heavy atom. The molecule has 0 radical (unpaired) electrons. The number of hydrogen-bond acceptors (Lipinski definition) is 24. The molecule has 0 aliphatic rings. The molecular formula is C26H25N5O19S6. The Morgan fingerprint density at radius 2 is 1.00 bits per heavy atom.